The van der Waals surface area contributed by atoms with Gasteiger partial charge in [0.05, 0.1) is 11.3 Å². The molecule has 1 aliphatic rings. The van der Waals surface area contributed by atoms with Crippen LogP contribution in [0.1, 0.15) is 42.9 Å². The van der Waals surface area contributed by atoms with Gasteiger partial charge < -0.3 is 21.1 Å². The molecule has 2 aromatic heterocycles. The van der Waals surface area contributed by atoms with Gasteiger partial charge >= 0.3 is 6.09 Å². The highest BCUT2D eigenvalue weighted by atomic mass is 19.1. The molecule has 38 heavy (non-hydrogen) atoms. The van der Waals surface area contributed by atoms with Crippen molar-refractivity contribution in [3.8, 4) is 11.3 Å². The number of anilines is 2. The Bertz CT molecular complexity index is 1370. The van der Waals surface area contributed by atoms with Crippen molar-refractivity contribution in [3.05, 3.63) is 65.5 Å². The summed E-state index contributed by atoms with van der Waals surface area (Å²) in [7, 11) is 0. The highest BCUT2D eigenvalue weighted by Crippen LogP contribution is 2.29. The van der Waals surface area contributed by atoms with Gasteiger partial charge in [-0.3, -0.25) is 14.5 Å². The molecule has 4 N–H and O–H groups in total. The zero-order valence-corrected chi connectivity index (χ0v) is 20.8. The summed E-state index contributed by atoms with van der Waals surface area (Å²) in [6.07, 6.45) is 0.743. The van der Waals surface area contributed by atoms with Gasteiger partial charge in [0.1, 0.15) is 34.8 Å². The minimum Gasteiger partial charge on any atom is -0.444 e. The lowest BCUT2D eigenvalue weighted by molar-refractivity contribution is -0.129. The first-order valence-electron chi connectivity index (χ1n) is 11.6. The van der Waals surface area contributed by atoms with E-state index in [4.69, 9.17) is 10.5 Å². The lowest BCUT2D eigenvalue weighted by atomic mass is 10.0. The van der Waals surface area contributed by atoms with Crippen LogP contribution in [0.4, 0.5) is 25.1 Å². The molecule has 0 bridgehead atoms. The summed E-state index contributed by atoms with van der Waals surface area (Å²) in [5, 5.41) is 13.0. The van der Waals surface area contributed by atoms with E-state index in [9.17, 15) is 23.2 Å². The minimum absolute atomic E-state index is 0.0104. The number of pyridine rings is 1. The molecule has 0 spiro atoms. The molecule has 11 nitrogen and oxygen atoms in total. The van der Waals surface area contributed by atoms with Gasteiger partial charge in [-0.25, -0.2) is 18.6 Å². The Morgan fingerprint density at radius 3 is 2.47 bits per heavy atom. The van der Waals surface area contributed by atoms with Gasteiger partial charge in [-0.2, -0.15) is 0 Å². The summed E-state index contributed by atoms with van der Waals surface area (Å²) in [5.74, 6) is -2.84. The standard InChI is InChI=1S/C25H25F2N7O4/c1-25(2,3)38-24(37)34-10-9-29-23(36)21(34)13-7-8-18(30-12-13)31-17-11-16(32-33-20(17)22(28)35)19-14(26)5-4-6-15(19)27/h4-8,11-12,21H,9-10H2,1-3H3,(H2,28,35)(H,29,36)(H,30,31,32). The van der Waals surface area contributed by atoms with E-state index in [0.29, 0.717) is 5.56 Å². The van der Waals surface area contributed by atoms with E-state index in [1.807, 2.05) is 0 Å². The lowest BCUT2D eigenvalue weighted by Crippen LogP contribution is -2.53. The summed E-state index contributed by atoms with van der Waals surface area (Å²) >= 11 is 0. The number of aromatic nitrogens is 3. The van der Waals surface area contributed by atoms with Gasteiger partial charge in [0.25, 0.3) is 5.91 Å². The zero-order valence-electron chi connectivity index (χ0n) is 20.8. The summed E-state index contributed by atoms with van der Waals surface area (Å²) in [6, 6.07) is 6.66. The fourth-order valence-corrected chi connectivity index (χ4v) is 3.83. The number of rotatable bonds is 5. The van der Waals surface area contributed by atoms with E-state index in [1.54, 1.807) is 26.8 Å². The molecule has 0 saturated carbocycles. The van der Waals surface area contributed by atoms with Gasteiger partial charge in [-0.1, -0.05) is 12.1 Å². The summed E-state index contributed by atoms with van der Waals surface area (Å²) in [6.45, 7) is 5.70. The summed E-state index contributed by atoms with van der Waals surface area (Å²) < 4.78 is 34.0. The molecule has 198 valence electrons. The highest BCUT2D eigenvalue weighted by molar-refractivity contribution is 5.97. The SMILES string of the molecule is CC(C)(C)OC(=O)N1CCNC(=O)C1c1ccc(Nc2cc(-c3c(F)cccc3F)nnc2C(N)=O)nc1. The number of benzene rings is 1. The van der Waals surface area contributed by atoms with Gasteiger partial charge in [0, 0.05) is 24.8 Å². The first kappa shape index (κ1) is 26.4. The van der Waals surface area contributed by atoms with Crippen molar-refractivity contribution in [2.45, 2.75) is 32.4 Å². The molecule has 1 unspecified atom stereocenters. The van der Waals surface area contributed by atoms with Crippen molar-refractivity contribution in [1.29, 1.82) is 0 Å². The number of ether oxygens (including phenoxy) is 1. The van der Waals surface area contributed by atoms with E-state index in [-0.39, 0.29) is 36.0 Å². The average Bonchev–Trinajstić information content (AvgIpc) is 2.83. The first-order chi connectivity index (χ1) is 17.9. The quantitative estimate of drug-likeness (QED) is 0.460. The summed E-state index contributed by atoms with van der Waals surface area (Å²) in [4.78, 5) is 42.9. The molecular weight excluding hydrogens is 500 g/mol. The zero-order chi connectivity index (χ0) is 27.6. The van der Waals surface area contributed by atoms with Gasteiger partial charge in [-0.15, -0.1) is 10.2 Å². The van der Waals surface area contributed by atoms with Crippen LogP contribution in [0.2, 0.25) is 0 Å². The maximum absolute atomic E-state index is 14.3. The number of nitrogens with one attached hydrogen (secondary N) is 2. The number of nitrogens with two attached hydrogens (primary N) is 1. The molecule has 1 aliphatic heterocycles. The van der Waals surface area contributed by atoms with Crippen LogP contribution in [0.5, 0.6) is 0 Å². The predicted molar refractivity (Wildman–Crippen MR) is 132 cm³/mol. The lowest BCUT2D eigenvalue weighted by Gasteiger charge is -2.36. The molecule has 1 saturated heterocycles. The van der Waals surface area contributed by atoms with Crippen LogP contribution in [0.3, 0.4) is 0 Å². The Morgan fingerprint density at radius 1 is 1.16 bits per heavy atom. The second-order valence-corrected chi connectivity index (χ2v) is 9.42. The third-order valence-electron chi connectivity index (χ3n) is 5.45. The van der Waals surface area contributed by atoms with Crippen LogP contribution in [0, 0.1) is 11.6 Å². The van der Waals surface area contributed by atoms with Crippen molar-refractivity contribution in [2.24, 2.45) is 5.73 Å². The summed E-state index contributed by atoms with van der Waals surface area (Å²) in [5.41, 5.74) is 4.20. The van der Waals surface area contributed by atoms with Crippen molar-refractivity contribution >= 4 is 29.4 Å². The van der Waals surface area contributed by atoms with Crippen LogP contribution in [-0.2, 0) is 9.53 Å². The number of nitrogens with zero attached hydrogens (tertiary/aromatic N) is 4. The molecule has 0 radical (unpaired) electrons. The maximum atomic E-state index is 14.3. The number of halogens is 2. The monoisotopic (exact) mass is 525 g/mol. The second kappa shape index (κ2) is 10.4. The molecule has 4 rings (SSSR count). The van der Waals surface area contributed by atoms with E-state index >= 15 is 0 Å². The van der Waals surface area contributed by atoms with Crippen LogP contribution in [0.25, 0.3) is 11.3 Å². The van der Waals surface area contributed by atoms with Crippen molar-refractivity contribution < 1.29 is 27.9 Å². The molecule has 13 heteroatoms. The average molecular weight is 526 g/mol. The Kier molecular flexibility index (Phi) is 7.19. The number of hydrogen-bond donors (Lipinski definition) is 3. The Morgan fingerprint density at radius 2 is 1.87 bits per heavy atom. The van der Waals surface area contributed by atoms with Crippen LogP contribution < -0.4 is 16.4 Å². The van der Waals surface area contributed by atoms with Gasteiger partial charge in [0.2, 0.25) is 5.91 Å². The molecule has 0 aliphatic carbocycles. The number of piperazine rings is 1. The van der Waals surface area contributed by atoms with E-state index < -0.39 is 46.7 Å². The topological polar surface area (TPSA) is 152 Å². The van der Waals surface area contributed by atoms with Crippen LogP contribution >= 0.6 is 0 Å². The Labute approximate surface area is 216 Å². The van der Waals surface area contributed by atoms with E-state index in [2.05, 4.69) is 25.8 Å². The van der Waals surface area contributed by atoms with Crippen LogP contribution in [-0.4, -0.2) is 56.7 Å². The smallest absolute Gasteiger partial charge is 0.411 e. The fourth-order valence-electron chi connectivity index (χ4n) is 3.83. The number of primary amides is 1. The highest BCUT2D eigenvalue weighted by Gasteiger charge is 2.37. The van der Waals surface area contributed by atoms with E-state index in [1.165, 1.54) is 29.3 Å². The number of amides is 3. The predicted octanol–water partition coefficient (Wildman–Crippen LogP) is 3.07. The normalized spacial score (nSPS) is 15.6. The number of carbonyl (C=O) groups excluding carboxylic acids is 3. The maximum Gasteiger partial charge on any atom is 0.411 e. The molecule has 3 heterocycles. The first-order valence-corrected chi connectivity index (χ1v) is 11.6. The van der Waals surface area contributed by atoms with Crippen LogP contribution in [0.15, 0.2) is 42.6 Å². The van der Waals surface area contributed by atoms with Crippen molar-refractivity contribution in [1.82, 2.24) is 25.4 Å². The number of carbonyl (C=O) groups is 3. The molecule has 1 atom stereocenters. The number of hydrogen-bond acceptors (Lipinski definition) is 8. The molecular formula is C25H25F2N7O4. The molecule has 1 fully saturated rings. The third kappa shape index (κ3) is 5.66. The minimum atomic E-state index is -0.973. The Hall–Kier alpha value is -4.68. The van der Waals surface area contributed by atoms with Gasteiger partial charge in [-0.05, 0) is 45.0 Å². The van der Waals surface area contributed by atoms with Crippen molar-refractivity contribution in [2.75, 3.05) is 18.4 Å². The fraction of sp³-hybridized carbons (Fsp3) is 0.280. The largest absolute Gasteiger partial charge is 0.444 e. The Balaban J connectivity index is 1.63. The van der Waals surface area contributed by atoms with E-state index in [0.717, 1.165) is 12.1 Å². The molecule has 1 aromatic carbocycles. The molecule has 3 aromatic rings. The van der Waals surface area contributed by atoms with Gasteiger partial charge in [0.15, 0.2) is 5.69 Å². The van der Waals surface area contributed by atoms with Crippen molar-refractivity contribution in [3.63, 3.8) is 0 Å². The molecule has 3 amide bonds. The third-order valence-corrected chi connectivity index (χ3v) is 5.45. The second-order valence-electron chi connectivity index (χ2n) is 9.42.